The quantitative estimate of drug-likeness (QED) is 0.843. The van der Waals surface area contributed by atoms with E-state index < -0.39 is 24.0 Å². The number of alkyl halides is 3. The van der Waals surface area contributed by atoms with Crippen molar-refractivity contribution in [2.24, 2.45) is 5.92 Å². The second kappa shape index (κ2) is 5.74. The fourth-order valence-electron chi connectivity index (χ4n) is 2.10. The van der Waals surface area contributed by atoms with Crippen LogP contribution in [0, 0.1) is 17.2 Å². The van der Waals surface area contributed by atoms with Gasteiger partial charge in [0.05, 0.1) is 24.3 Å². The molecule has 2 atom stereocenters. The molecule has 1 aromatic carbocycles. The smallest absolute Gasteiger partial charge is 0.272 e. The van der Waals surface area contributed by atoms with E-state index in [1.54, 1.807) is 24.3 Å². The lowest BCUT2D eigenvalue weighted by Crippen LogP contribution is -2.40. The van der Waals surface area contributed by atoms with E-state index in [0.717, 1.165) is 12.0 Å². The summed E-state index contributed by atoms with van der Waals surface area (Å²) >= 11 is 0. The Morgan fingerprint density at radius 3 is 2.57 bits per heavy atom. The summed E-state index contributed by atoms with van der Waals surface area (Å²) in [5.74, 6) is -3.22. The molecule has 1 aliphatic heterocycles. The Balaban J connectivity index is 2.20. The van der Waals surface area contributed by atoms with Gasteiger partial charge in [0.2, 0.25) is 0 Å². The molecule has 1 saturated heterocycles. The van der Waals surface area contributed by atoms with Crippen LogP contribution in [0.2, 0.25) is 0 Å². The Labute approximate surface area is 119 Å². The van der Waals surface area contributed by atoms with Gasteiger partial charge in [0, 0.05) is 6.42 Å². The highest BCUT2D eigenvalue weighted by Crippen LogP contribution is 2.35. The van der Waals surface area contributed by atoms with Crippen LogP contribution in [0.4, 0.5) is 13.2 Å². The van der Waals surface area contributed by atoms with Crippen molar-refractivity contribution in [3.63, 3.8) is 0 Å². The van der Waals surface area contributed by atoms with Crippen LogP contribution in [0.15, 0.2) is 24.3 Å². The number of hydroxylamine groups is 2. The number of nitriles is 1. The number of carbonyl (C=O) groups is 1. The van der Waals surface area contributed by atoms with E-state index in [1.807, 2.05) is 6.07 Å². The van der Waals surface area contributed by atoms with Crippen molar-refractivity contribution in [1.29, 1.82) is 5.26 Å². The van der Waals surface area contributed by atoms with Gasteiger partial charge in [0.25, 0.3) is 5.91 Å². The number of halogens is 3. The average Bonchev–Trinajstić information content (AvgIpc) is 2.94. The molecule has 1 aliphatic rings. The Hall–Kier alpha value is -2.07. The van der Waals surface area contributed by atoms with E-state index in [0.29, 0.717) is 17.5 Å². The molecule has 21 heavy (non-hydrogen) atoms. The predicted molar refractivity (Wildman–Crippen MR) is 66.5 cm³/mol. The zero-order chi connectivity index (χ0) is 15.6. The van der Waals surface area contributed by atoms with Crippen LogP contribution in [0.25, 0.3) is 0 Å². The van der Waals surface area contributed by atoms with Crippen molar-refractivity contribution in [3.8, 4) is 6.07 Å². The van der Waals surface area contributed by atoms with Crippen LogP contribution < -0.4 is 0 Å². The molecule has 0 bridgehead atoms. The van der Waals surface area contributed by atoms with Gasteiger partial charge in [-0.2, -0.15) is 18.4 Å². The summed E-state index contributed by atoms with van der Waals surface area (Å²) in [4.78, 5) is 17.0. The fourth-order valence-corrected chi connectivity index (χ4v) is 2.10. The maximum atomic E-state index is 12.6. The highest BCUT2D eigenvalue weighted by atomic mass is 19.4. The van der Waals surface area contributed by atoms with E-state index in [1.165, 1.54) is 0 Å². The summed E-state index contributed by atoms with van der Waals surface area (Å²) in [6.45, 7) is 1.00. The largest absolute Gasteiger partial charge is 0.400 e. The molecule has 0 radical (unpaired) electrons. The Morgan fingerprint density at radius 1 is 1.43 bits per heavy atom. The molecule has 1 amide bonds. The third-order valence-electron chi connectivity index (χ3n) is 3.41. The van der Waals surface area contributed by atoms with Crippen molar-refractivity contribution >= 4 is 5.91 Å². The molecule has 0 N–H and O–H groups in total. The van der Waals surface area contributed by atoms with Gasteiger partial charge in [-0.05, 0) is 24.6 Å². The minimum Gasteiger partial charge on any atom is -0.272 e. The summed E-state index contributed by atoms with van der Waals surface area (Å²) in [5.41, 5.74) is 1.09. The van der Waals surface area contributed by atoms with Crippen LogP contribution in [0.3, 0.4) is 0 Å². The van der Waals surface area contributed by atoms with Crippen LogP contribution in [-0.4, -0.2) is 23.8 Å². The molecule has 4 nitrogen and oxygen atoms in total. The average molecular weight is 298 g/mol. The zero-order valence-corrected chi connectivity index (χ0v) is 11.2. The topological polar surface area (TPSA) is 53.3 Å². The van der Waals surface area contributed by atoms with Crippen molar-refractivity contribution < 1.29 is 22.8 Å². The first kappa shape index (κ1) is 15.3. The number of nitrogens with zero attached hydrogens (tertiary/aromatic N) is 2. The van der Waals surface area contributed by atoms with Gasteiger partial charge in [-0.25, -0.2) is 5.06 Å². The van der Waals surface area contributed by atoms with E-state index in [-0.39, 0.29) is 6.61 Å². The summed E-state index contributed by atoms with van der Waals surface area (Å²) in [7, 11) is 0. The van der Waals surface area contributed by atoms with Crippen LogP contribution in [-0.2, 0) is 9.63 Å². The highest BCUT2D eigenvalue weighted by Gasteiger charge is 2.46. The lowest BCUT2D eigenvalue weighted by Gasteiger charge is -2.26. The Morgan fingerprint density at radius 2 is 2.05 bits per heavy atom. The van der Waals surface area contributed by atoms with E-state index >= 15 is 0 Å². The molecular formula is C14H13F3N2O2. The summed E-state index contributed by atoms with van der Waals surface area (Å²) in [5, 5.41) is 9.54. The van der Waals surface area contributed by atoms with E-state index in [4.69, 9.17) is 10.1 Å². The van der Waals surface area contributed by atoms with Gasteiger partial charge < -0.3 is 0 Å². The first-order chi connectivity index (χ1) is 9.84. The molecule has 0 aromatic heterocycles. The fraction of sp³-hybridized carbons (Fsp3) is 0.429. The van der Waals surface area contributed by atoms with Crippen molar-refractivity contribution in [1.82, 2.24) is 5.06 Å². The van der Waals surface area contributed by atoms with Gasteiger partial charge in [0.15, 0.2) is 0 Å². The van der Waals surface area contributed by atoms with Crippen LogP contribution in [0.5, 0.6) is 0 Å². The Kier molecular flexibility index (Phi) is 4.19. The second-order valence-corrected chi connectivity index (χ2v) is 4.80. The molecule has 2 rings (SSSR count). The molecule has 1 aromatic rings. The van der Waals surface area contributed by atoms with E-state index in [2.05, 4.69) is 0 Å². The van der Waals surface area contributed by atoms with Gasteiger partial charge >= 0.3 is 6.18 Å². The molecule has 0 saturated carbocycles. The number of benzene rings is 1. The number of amides is 1. The second-order valence-electron chi connectivity index (χ2n) is 4.80. The maximum Gasteiger partial charge on any atom is 0.400 e. The molecule has 1 fully saturated rings. The third kappa shape index (κ3) is 3.16. The number of hydrogen-bond donors (Lipinski definition) is 0. The van der Waals surface area contributed by atoms with Gasteiger partial charge in [0.1, 0.15) is 5.92 Å². The molecule has 7 heteroatoms. The van der Waals surface area contributed by atoms with Crippen LogP contribution in [0.1, 0.15) is 30.5 Å². The molecule has 1 heterocycles. The zero-order valence-electron chi connectivity index (χ0n) is 11.2. The lowest BCUT2D eigenvalue weighted by molar-refractivity contribution is -0.213. The van der Waals surface area contributed by atoms with E-state index in [9.17, 15) is 18.0 Å². The monoisotopic (exact) mass is 298 g/mol. The van der Waals surface area contributed by atoms with Gasteiger partial charge in [-0.1, -0.05) is 12.1 Å². The maximum absolute atomic E-state index is 12.6. The van der Waals surface area contributed by atoms with Crippen molar-refractivity contribution in [3.05, 3.63) is 35.4 Å². The Bertz CT molecular complexity index is 563. The minimum absolute atomic E-state index is 0.182. The molecular weight excluding hydrogens is 285 g/mol. The molecule has 112 valence electrons. The third-order valence-corrected chi connectivity index (χ3v) is 3.41. The molecule has 1 unspecified atom stereocenters. The summed E-state index contributed by atoms with van der Waals surface area (Å²) in [6, 6.07) is 7.76. The first-order valence-electron chi connectivity index (χ1n) is 6.37. The summed E-state index contributed by atoms with van der Waals surface area (Å²) < 4.78 is 37.9. The standard InChI is InChI=1S/C14H13F3N2O2/c1-9(14(15,16)17)13(20)19-12(6-7-21-19)11-4-2-10(8-18)3-5-11/h2-5,9,12H,6-7H2,1H3/t9?,12-/m0/s1. The number of hydrogen-bond acceptors (Lipinski definition) is 3. The number of rotatable bonds is 2. The minimum atomic E-state index is -4.60. The number of carbonyl (C=O) groups excluding carboxylic acids is 1. The van der Waals surface area contributed by atoms with Gasteiger partial charge in [-0.3, -0.25) is 9.63 Å². The van der Waals surface area contributed by atoms with Gasteiger partial charge in [-0.15, -0.1) is 0 Å². The highest BCUT2D eigenvalue weighted by molar-refractivity contribution is 5.79. The first-order valence-corrected chi connectivity index (χ1v) is 6.37. The SMILES string of the molecule is CC(C(=O)N1OCC[C@H]1c1ccc(C#N)cc1)C(F)(F)F. The van der Waals surface area contributed by atoms with Crippen molar-refractivity contribution in [2.75, 3.05) is 6.61 Å². The van der Waals surface area contributed by atoms with Crippen molar-refractivity contribution in [2.45, 2.75) is 25.6 Å². The predicted octanol–water partition coefficient (Wildman–Crippen LogP) is 2.96. The molecule has 0 spiro atoms. The molecule has 0 aliphatic carbocycles. The summed E-state index contributed by atoms with van der Waals surface area (Å²) in [6.07, 6.45) is -4.18. The van der Waals surface area contributed by atoms with Crippen LogP contribution >= 0.6 is 0 Å². The normalized spacial score (nSPS) is 20.1. The lowest BCUT2D eigenvalue weighted by atomic mass is 10.0.